The van der Waals surface area contributed by atoms with Crippen LogP contribution in [0.5, 0.6) is 5.75 Å². The predicted octanol–water partition coefficient (Wildman–Crippen LogP) is 3.41. The average Bonchev–Trinajstić information content (AvgIpc) is 2.90. The molecule has 0 aliphatic carbocycles. The second-order valence-corrected chi connectivity index (χ2v) is 5.65. The number of rotatable bonds is 5. The highest BCUT2D eigenvalue weighted by Crippen LogP contribution is 2.33. The zero-order valence-electron chi connectivity index (χ0n) is 11.6. The summed E-state index contributed by atoms with van der Waals surface area (Å²) in [4.78, 5) is 3.55. The van der Waals surface area contributed by atoms with Gasteiger partial charge in [0.05, 0.1) is 13.7 Å². The van der Waals surface area contributed by atoms with Gasteiger partial charge in [-0.15, -0.1) is 11.3 Å². The summed E-state index contributed by atoms with van der Waals surface area (Å²) < 4.78 is 5.43. The van der Waals surface area contributed by atoms with Crippen molar-refractivity contribution in [3.05, 3.63) is 46.2 Å². The van der Waals surface area contributed by atoms with E-state index < -0.39 is 0 Å². The fourth-order valence-electron chi connectivity index (χ4n) is 2.22. The molecular weight excluding hydrogens is 256 g/mol. The highest BCUT2D eigenvalue weighted by Gasteiger charge is 2.16. The van der Waals surface area contributed by atoms with Crippen LogP contribution < -0.4 is 15.4 Å². The molecule has 2 N–H and O–H groups in total. The minimum absolute atomic E-state index is 0.0584. The van der Waals surface area contributed by atoms with E-state index in [1.807, 2.05) is 19.1 Å². The molecule has 4 heteroatoms. The van der Waals surface area contributed by atoms with Gasteiger partial charge < -0.3 is 15.4 Å². The van der Waals surface area contributed by atoms with Gasteiger partial charge in [-0.2, -0.15) is 0 Å². The van der Waals surface area contributed by atoms with Crippen molar-refractivity contribution in [2.45, 2.75) is 19.5 Å². The van der Waals surface area contributed by atoms with Gasteiger partial charge in [-0.1, -0.05) is 12.1 Å². The fourth-order valence-corrected chi connectivity index (χ4v) is 2.98. The van der Waals surface area contributed by atoms with Crippen LogP contribution in [0.25, 0.3) is 0 Å². The molecule has 1 aromatic heterocycles. The number of thiophene rings is 1. The summed E-state index contributed by atoms with van der Waals surface area (Å²) in [5, 5.41) is 2.10. The van der Waals surface area contributed by atoms with E-state index >= 15 is 0 Å². The Bertz CT molecular complexity index is 523. The number of hydrogen-bond donors (Lipinski definition) is 1. The molecule has 1 aromatic carbocycles. The molecule has 0 saturated carbocycles. The lowest BCUT2D eigenvalue weighted by atomic mass is 10.0. The number of methoxy groups -OCH3 is 1. The van der Waals surface area contributed by atoms with Gasteiger partial charge in [0.25, 0.3) is 0 Å². The molecule has 102 valence electrons. The lowest BCUT2D eigenvalue weighted by Gasteiger charge is -2.25. The summed E-state index contributed by atoms with van der Waals surface area (Å²) >= 11 is 1.77. The fraction of sp³-hybridized carbons (Fsp3) is 0.333. The average molecular weight is 276 g/mol. The summed E-state index contributed by atoms with van der Waals surface area (Å²) in [7, 11) is 3.77. The van der Waals surface area contributed by atoms with E-state index in [4.69, 9.17) is 10.5 Å². The first kappa shape index (κ1) is 13.9. The first-order valence-corrected chi connectivity index (χ1v) is 7.17. The highest BCUT2D eigenvalue weighted by molar-refractivity contribution is 7.09. The lowest BCUT2D eigenvalue weighted by molar-refractivity contribution is 0.407. The molecule has 0 aliphatic rings. The molecule has 2 aromatic rings. The SMILES string of the molecule is COc1cccc(N(C)Cc2cccs2)c1[C@H](C)N. The molecule has 0 radical (unpaired) electrons. The number of nitrogens with two attached hydrogens (primary N) is 1. The first-order valence-electron chi connectivity index (χ1n) is 6.29. The molecular formula is C15H20N2OS. The summed E-state index contributed by atoms with van der Waals surface area (Å²) in [5.41, 5.74) is 8.28. The van der Waals surface area contributed by atoms with Gasteiger partial charge in [0.15, 0.2) is 0 Å². The third-order valence-electron chi connectivity index (χ3n) is 3.10. The van der Waals surface area contributed by atoms with Crippen molar-refractivity contribution in [2.24, 2.45) is 5.73 Å². The van der Waals surface area contributed by atoms with Crippen LogP contribution in [0.2, 0.25) is 0 Å². The minimum atomic E-state index is -0.0584. The number of anilines is 1. The quantitative estimate of drug-likeness (QED) is 0.909. The Labute approximate surface area is 118 Å². The molecule has 0 saturated heterocycles. The van der Waals surface area contributed by atoms with Crippen LogP contribution in [0.3, 0.4) is 0 Å². The molecule has 0 spiro atoms. The van der Waals surface area contributed by atoms with Gasteiger partial charge in [0.2, 0.25) is 0 Å². The van der Waals surface area contributed by atoms with E-state index in [2.05, 4.69) is 35.5 Å². The van der Waals surface area contributed by atoms with E-state index in [-0.39, 0.29) is 6.04 Å². The monoisotopic (exact) mass is 276 g/mol. The van der Waals surface area contributed by atoms with Gasteiger partial charge >= 0.3 is 0 Å². The standard InChI is InChI=1S/C15H20N2OS/c1-11(16)15-13(7-4-8-14(15)18-3)17(2)10-12-6-5-9-19-12/h4-9,11H,10,16H2,1-3H3/t11-/m0/s1. The molecule has 0 amide bonds. The van der Waals surface area contributed by atoms with Crippen molar-refractivity contribution >= 4 is 17.0 Å². The van der Waals surface area contributed by atoms with Crippen LogP contribution in [0.1, 0.15) is 23.4 Å². The van der Waals surface area contributed by atoms with Gasteiger partial charge in [0, 0.05) is 29.2 Å². The molecule has 1 heterocycles. The van der Waals surface area contributed by atoms with Crippen LogP contribution in [0.4, 0.5) is 5.69 Å². The van der Waals surface area contributed by atoms with Crippen LogP contribution in [-0.2, 0) is 6.54 Å². The maximum absolute atomic E-state index is 6.10. The second kappa shape index (κ2) is 6.08. The van der Waals surface area contributed by atoms with Gasteiger partial charge in [-0.25, -0.2) is 0 Å². The molecule has 1 atom stereocenters. The molecule has 0 unspecified atom stereocenters. The molecule has 0 aliphatic heterocycles. The third-order valence-corrected chi connectivity index (χ3v) is 3.96. The Balaban J connectivity index is 2.32. The Morgan fingerprint density at radius 1 is 1.32 bits per heavy atom. The molecule has 0 bridgehead atoms. The zero-order chi connectivity index (χ0) is 13.8. The summed E-state index contributed by atoms with van der Waals surface area (Å²) in [6.07, 6.45) is 0. The molecule has 0 fully saturated rings. The van der Waals surface area contributed by atoms with Crippen molar-refractivity contribution < 1.29 is 4.74 Å². The number of hydrogen-bond acceptors (Lipinski definition) is 4. The maximum Gasteiger partial charge on any atom is 0.125 e. The van der Waals surface area contributed by atoms with E-state index in [1.54, 1.807) is 18.4 Å². The first-order chi connectivity index (χ1) is 9.13. The Morgan fingerprint density at radius 3 is 2.68 bits per heavy atom. The normalized spacial score (nSPS) is 12.2. The van der Waals surface area contributed by atoms with Crippen molar-refractivity contribution in [3.8, 4) is 5.75 Å². The van der Waals surface area contributed by atoms with Crippen LogP contribution in [0, 0.1) is 0 Å². The third kappa shape index (κ3) is 3.08. The molecule has 19 heavy (non-hydrogen) atoms. The van der Waals surface area contributed by atoms with E-state index in [1.165, 1.54) is 4.88 Å². The summed E-state index contributed by atoms with van der Waals surface area (Å²) in [6, 6.07) is 10.2. The second-order valence-electron chi connectivity index (χ2n) is 4.62. The Kier molecular flexibility index (Phi) is 4.45. The predicted molar refractivity (Wildman–Crippen MR) is 82.0 cm³/mol. The van der Waals surface area contributed by atoms with Gasteiger partial charge in [-0.3, -0.25) is 0 Å². The lowest BCUT2D eigenvalue weighted by Crippen LogP contribution is -2.20. The number of nitrogens with zero attached hydrogens (tertiary/aromatic N) is 1. The van der Waals surface area contributed by atoms with E-state index in [0.29, 0.717) is 0 Å². The minimum Gasteiger partial charge on any atom is -0.496 e. The maximum atomic E-state index is 6.10. The van der Waals surface area contributed by atoms with Crippen LogP contribution >= 0.6 is 11.3 Å². The largest absolute Gasteiger partial charge is 0.496 e. The Morgan fingerprint density at radius 2 is 2.11 bits per heavy atom. The molecule has 2 rings (SSSR count). The summed E-state index contributed by atoms with van der Waals surface area (Å²) in [5.74, 6) is 0.852. The molecule has 3 nitrogen and oxygen atoms in total. The van der Waals surface area contributed by atoms with E-state index in [9.17, 15) is 0 Å². The van der Waals surface area contributed by atoms with Crippen LogP contribution in [0.15, 0.2) is 35.7 Å². The number of ether oxygens (including phenoxy) is 1. The van der Waals surface area contributed by atoms with Gasteiger partial charge in [0.1, 0.15) is 5.75 Å². The van der Waals surface area contributed by atoms with Gasteiger partial charge in [-0.05, 0) is 30.5 Å². The van der Waals surface area contributed by atoms with Crippen molar-refractivity contribution in [1.29, 1.82) is 0 Å². The zero-order valence-corrected chi connectivity index (χ0v) is 12.4. The topological polar surface area (TPSA) is 38.5 Å². The highest BCUT2D eigenvalue weighted by atomic mass is 32.1. The van der Waals surface area contributed by atoms with E-state index in [0.717, 1.165) is 23.5 Å². The van der Waals surface area contributed by atoms with Crippen molar-refractivity contribution in [1.82, 2.24) is 0 Å². The Hall–Kier alpha value is -1.52. The van der Waals surface area contributed by atoms with Crippen molar-refractivity contribution in [2.75, 3.05) is 19.1 Å². The van der Waals surface area contributed by atoms with Crippen molar-refractivity contribution in [3.63, 3.8) is 0 Å². The van der Waals surface area contributed by atoms with Crippen LogP contribution in [-0.4, -0.2) is 14.2 Å². The number of benzene rings is 1. The summed E-state index contributed by atoms with van der Waals surface area (Å²) in [6.45, 7) is 2.87. The smallest absolute Gasteiger partial charge is 0.125 e.